The van der Waals surface area contributed by atoms with Crippen LogP contribution in [0.25, 0.3) is 0 Å². The van der Waals surface area contributed by atoms with Crippen LogP contribution >= 0.6 is 0 Å². The largest absolute Gasteiger partial charge is 0.325 e. The zero-order chi connectivity index (χ0) is 16.6. The van der Waals surface area contributed by atoms with Crippen LogP contribution in [0.1, 0.15) is 38.8 Å². The number of nitro groups is 1. The molecule has 0 aliphatic heterocycles. The second-order valence-electron chi connectivity index (χ2n) is 6.51. The molecule has 1 rings (SSSR count). The molecule has 6 nitrogen and oxygen atoms in total. The van der Waals surface area contributed by atoms with E-state index >= 15 is 0 Å². The fraction of sp³-hybridized carbons (Fsp3) is 0.533. The molecule has 0 unspecified atom stereocenters. The molecule has 1 amide bonds. The quantitative estimate of drug-likeness (QED) is 0.658. The van der Waals surface area contributed by atoms with E-state index in [9.17, 15) is 14.9 Å². The molecule has 0 radical (unpaired) electrons. The van der Waals surface area contributed by atoms with Crippen molar-refractivity contribution in [2.75, 3.05) is 5.32 Å². The number of nitro benzene ring substituents is 1. The average Bonchev–Trinajstić information content (AvgIpc) is 2.31. The fourth-order valence-corrected chi connectivity index (χ4v) is 1.62. The van der Waals surface area contributed by atoms with E-state index < -0.39 is 15.9 Å². The van der Waals surface area contributed by atoms with Gasteiger partial charge < -0.3 is 11.1 Å². The summed E-state index contributed by atoms with van der Waals surface area (Å²) in [5.74, 6) is -0.346. The van der Waals surface area contributed by atoms with E-state index in [0.29, 0.717) is 0 Å². The molecular weight excluding hydrogens is 270 g/mol. The lowest BCUT2D eigenvalue weighted by Gasteiger charge is -2.36. The maximum atomic E-state index is 12.4. The van der Waals surface area contributed by atoms with Crippen LogP contribution in [0, 0.1) is 29.4 Å². The minimum Gasteiger partial charge on any atom is -0.325 e. The van der Waals surface area contributed by atoms with Gasteiger partial charge in [-0.05, 0) is 58.7 Å². The van der Waals surface area contributed by atoms with Gasteiger partial charge in [0.15, 0.2) is 0 Å². The van der Waals surface area contributed by atoms with E-state index in [2.05, 4.69) is 5.32 Å². The number of carbonyl (C=O) groups is 1. The monoisotopic (exact) mass is 293 g/mol. The molecule has 0 aliphatic rings. The first kappa shape index (κ1) is 17.1. The first-order chi connectivity index (χ1) is 9.37. The van der Waals surface area contributed by atoms with Crippen molar-refractivity contribution in [1.82, 2.24) is 0 Å². The highest BCUT2D eigenvalue weighted by atomic mass is 16.6. The second-order valence-corrected chi connectivity index (χ2v) is 6.51. The second kappa shape index (κ2) is 5.44. The zero-order valence-electron chi connectivity index (χ0n) is 13.4. The number of aryl methyl sites for hydroxylation is 2. The molecule has 0 saturated carbocycles. The van der Waals surface area contributed by atoms with Crippen LogP contribution in [0.3, 0.4) is 0 Å². The summed E-state index contributed by atoms with van der Waals surface area (Å²) in [6, 6.07) is 3.08. The average molecular weight is 293 g/mol. The zero-order valence-corrected chi connectivity index (χ0v) is 13.4. The summed E-state index contributed by atoms with van der Waals surface area (Å²) < 4.78 is 0. The van der Waals surface area contributed by atoms with Gasteiger partial charge in [-0.25, -0.2) is 0 Å². The van der Waals surface area contributed by atoms with Crippen molar-refractivity contribution in [3.05, 3.63) is 33.4 Å². The van der Waals surface area contributed by atoms with Gasteiger partial charge >= 0.3 is 0 Å². The highest BCUT2D eigenvalue weighted by molar-refractivity contribution is 5.97. The van der Waals surface area contributed by atoms with Gasteiger partial charge in [0.25, 0.3) is 5.69 Å². The molecule has 116 valence electrons. The summed E-state index contributed by atoms with van der Waals surface area (Å²) in [7, 11) is 0. The van der Waals surface area contributed by atoms with E-state index in [0.717, 1.165) is 11.1 Å². The lowest BCUT2D eigenvalue weighted by molar-refractivity contribution is -0.384. The number of benzene rings is 1. The van der Waals surface area contributed by atoms with Gasteiger partial charge in [0.1, 0.15) is 5.69 Å². The third-order valence-electron chi connectivity index (χ3n) is 4.24. The number of carbonyl (C=O) groups excluding carboxylic acids is 1. The van der Waals surface area contributed by atoms with Crippen LogP contribution < -0.4 is 11.1 Å². The van der Waals surface area contributed by atoms with E-state index in [1.165, 1.54) is 6.07 Å². The summed E-state index contributed by atoms with van der Waals surface area (Å²) >= 11 is 0. The van der Waals surface area contributed by atoms with Crippen LogP contribution in [-0.2, 0) is 4.79 Å². The molecule has 0 atom stereocenters. The predicted molar refractivity (Wildman–Crippen MR) is 83.2 cm³/mol. The maximum absolute atomic E-state index is 12.4. The molecule has 0 fully saturated rings. The number of hydrogen-bond acceptors (Lipinski definition) is 4. The standard InChI is InChI=1S/C15H23N3O3/c1-9-7-11(12(18(20)21)8-10(9)2)17-13(19)14(3,4)15(5,6)16/h7-8H,16H2,1-6H3,(H,17,19). The van der Waals surface area contributed by atoms with E-state index in [1.54, 1.807) is 40.7 Å². The molecule has 0 aliphatic carbocycles. The van der Waals surface area contributed by atoms with Gasteiger partial charge in [0, 0.05) is 11.6 Å². The van der Waals surface area contributed by atoms with E-state index in [4.69, 9.17) is 5.73 Å². The Labute approximate surface area is 124 Å². The molecule has 21 heavy (non-hydrogen) atoms. The minimum atomic E-state index is -0.875. The highest BCUT2D eigenvalue weighted by Gasteiger charge is 2.41. The summed E-state index contributed by atoms with van der Waals surface area (Å²) in [5, 5.41) is 13.8. The Kier molecular flexibility index (Phi) is 4.43. The molecule has 0 bridgehead atoms. The fourth-order valence-electron chi connectivity index (χ4n) is 1.62. The van der Waals surface area contributed by atoms with Crippen LogP contribution in [0.4, 0.5) is 11.4 Å². The minimum absolute atomic E-state index is 0.114. The van der Waals surface area contributed by atoms with Gasteiger partial charge in [-0.15, -0.1) is 0 Å². The van der Waals surface area contributed by atoms with Crippen LogP contribution in [0.5, 0.6) is 0 Å². The van der Waals surface area contributed by atoms with Gasteiger partial charge in [-0.1, -0.05) is 0 Å². The first-order valence-corrected chi connectivity index (χ1v) is 6.74. The number of hydrogen-bond donors (Lipinski definition) is 2. The van der Waals surface area contributed by atoms with Crippen molar-refractivity contribution in [2.24, 2.45) is 11.1 Å². The van der Waals surface area contributed by atoms with Crippen LogP contribution in [0.2, 0.25) is 0 Å². The first-order valence-electron chi connectivity index (χ1n) is 6.74. The lowest BCUT2D eigenvalue weighted by atomic mass is 9.74. The molecule has 0 heterocycles. The van der Waals surface area contributed by atoms with Gasteiger partial charge in [0.05, 0.1) is 10.3 Å². The number of nitrogens with one attached hydrogen (secondary N) is 1. The van der Waals surface area contributed by atoms with Crippen molar-refractivity contribution in [1.29, 1.82) is 0 Å². The van der Waals surface area contributed by atoms with Crippen molar-refractivity contribution < 1.29 is 9.72 Å². The van der Waals surface area contributed by atoms with Crippen molar-refractivity contribution in [3.8, 4) is 0 Å². The Morgan fingerprint density at radius 3 is 2.10 bits per heavy atom. The smallest absolute Gasteiger partial charge is 0.293 e. The Morgan fingerprint density at radius 1 is 1.19 bits per heavy atom. The number of amides is 1. The third-order valence-corrected chi connectivity index (χ3v) is 4.24. The SMILES string of the molecule is Cc1cc(NC(=O)C(C)(C)C(C)(C)N)c([N+](=O)[O-])cc1C. The predicted octanol–water partition coefficient (Wildman–Crippen LogP) is 2.91. The van der Waals surface area contributed by atoms with E-state index in [-0.39, 0.29) is 17.3 Å². The van der Waals surface area contributed by atoms with Crippen LogP contribution in [-0.4, -0.2) is 16.4 Å². The summed E-state index contributed by atoms with van der Waals surface area (Å²) in [6.07, 6.45) is 0. The maximum Gasteiger partial charge on any atom is 0.293 e. The Hall–Kier alpha value is -1.95. The van der Waals surface area contributed by atoms with Gasteiger partial charge in [0.2, 0.25) is 5.91 Å². The molecular formula is C15H23N3O3. The normalized spacial score (nSPS) is 12.1. The Morgan fingerprint density at radius 2 is 1.67 bits per heavy atom. The molecule has 1 aromatic rings. The summed E-state index contributed by atoms with van der Waals surface area (Å²) in [5.41, 5.74) is 6.16. The highest BCUT2D eigenvalue weighted by Crippen LogP contribution is 2.33. The molecule has 1 aromatic carbocycles. The Bertz CT molecular complexity index is 587. The molecule has 6 heteroatoms. The number of nitrogens with zero attached hydrogens (tertiary/aromatic N) is 1. The van der Waals surface area contributed by atoms with E-state index in [1.807, 2.05) is 6.92 Å². The van der Waals surface area contributed by atoms with Crippen molar-refractivity contribution in [3.63, 3.8) is 0 Å². The topological polar surface area (TPSA) is 98.3 Å². The molecule has 0 aromatic heterocycles. The third kappa shape index (κ3) is 3.39. The van der Waals surface area contributed by atoms with Crippen molar-refractivity contribution >= 4 is 17.3 Å². The molecule has 0 saturated heterocycles. The number of nitrogens with two attached hydrogens (primary N) is 1. The summed E-state index contributed by atoms with van der Waals surface area (Å²) in [6.45, 7) is 10.6. The van der Waals surface area contributed by atoms with Crippen molar-refractivity contribution in [2.45, 2.75) is 47.1 Å². The van der Waals surface area contributed by atoms with Crippen LogP contribution in [0.15, 0.2) is 12.1 Å². The molecule has 3 N–H and O–H groups in total. The van der Waals surface area contributed by atoms with Gasteiger partial charge in [-0.2, -0.15) is 0 Å². The lowest BCUT2D eigenvalue weighted by Crippen LogP contribution is -2.53. The number of rotatable bonds is 4. The summed E-state index contributed by atoms with van der Waals surface area (Å²) in [4.78, 5) is 23.1. The molecule has 0 spiro atoms. The van der Waals surface area contributed by atoms with Gasteiger partial charge in [-0.3, -0.25) is 14.9 Å². The number of anilines is 1. The Balaban J connectivity index is 3.23.